The van der Waals surface area contributed by atoms with Crippen LogP contribution < -0.4 is 11.2 Å². The van der Waals surface area contributed by atoms with Crippen LogP contribution in [0.3, 0.4) is 0 Å². The topological polar surface area (TPSA) is 99.4 Å². The number of pyridine rings is 1. The molecule has 1 atom stereocenters. The molecule has 3 rings (SSSR count). The van der Waals surface area contributed by atoms with Crippen LogP contribution in [-0.2, 0) is 0 Å². The maximum atomic E-state index is 12.1. The second-order valence-electron chi connectivity index (χ2n) is 6.72. The number of aromatic amines is 1. The summed E-state index contributed by atoms with van der Waals surface area (Å²) in [4.78, 5) is 28.5. The number of likely N-dealkylation sites (tertiary alicyclic amines) is 1. The van der Waals surface area contributed by atoms with Gasteiger partial charge in [0.05, 0.1) is 5.70 Å². The summed E-state index contributed by atoms with van der Waals surface area (Å²) in [5.41, 5.74) is 6.64. The van der Waals surface area contributed by atoms with Crippen LogP contribution in [0.5, 0.6) is 0 Å². The molecule has 1 aliphatic heterocycles. The van der Waals surface area contributed by atoms with E-state index in [0.717, 1.165) is 0 Å². The monoisotopic (exact) mass is 363 g/mol. The molecule has 2 heterocycles. The largest absolute Gasteiger partial charge is 0.375 e. The lowest BCUT2D eigenvalue weighted by Gasteiger charge is -2.19. The number of benzene rings is 1. The molecule has 1 aromatic heterocycles. The quantitative estimate of drug-likeness (QED) is 0.702. The molecule has 138 valence electrons. The lowest BCUT2D eigenvalue weighted by atomic mass is 10.00. The van der Waals surface area contributed by atoms with Gasteiger partial charge in [-0.25, -0.2) is 0 Å². The normalized spacial score (nSPS) is 18.9. The molecular weight excluding hydrogens is 342 g/mol. The SMILES string of the molecule is C=C1N(C)CC[C@@]1(O)C#Cc1cccc(-c2cc(=O)c(C)c(C(N)=O)[nH]2)c1. The van der Waals surface area contributed by atoms with Crippen molar-refractivity contribution in [1.29, 1.82) is 0 Å². The molecule has 6 heteroatoms. The molecule has 0 spiro atoms. The third-order valence-electron chi connectivity index (χ3n) is 4.86. The van der Waals surface area contributed by atoms with E-state index in [1.807, 2.05) is 18.0 Å². The fourth-order valence-corrected chi connectivity index (χ4v) is 3.03. The van der Waals surface area contributed by atoms with Crippen molar-refractivity contribution < 1.29 is 9.90 Å². The van der Waals surface area contributed by atoms with Crippen molar-refractivity contribution in [2.45, 2.75) is 18.9 Å². The number of carbonyl (C=O) groups is 1. The van der Waals surface area contributed by atoms with Gasteiger partial charge in [-0.05, 0) is 24.6 Å². The standard InChI is InChI=1S/C21H21N3O3/c1-13-18(25)12-17(23-19(13)20(22)26)16-6-4-5-15(11-16)7-8-21(27)9-10-24(3)14(21)2/h4-6,11-12,27H,2,9-10H2,1,3H3,(H2,22,26)(H,23,25)/t21-/m0/s1. The molecule has 1 fully saturated rings. The highest BCUT2D eigenvalue weighted by Crippen LogP contribution is 2.29. The predicted octanol–water partition coefficient (Wildman–Crippen LogP) is 1.38. The van der Waals surface area contributed by atoms with E-state index in [4.69, 9.17) is 5.73 Å². The Balaban J connectivity index is 1.99. The van der Waals surface area contributed by atoms with E-state index < -0.39 is 11.5 Å². The van der Waals surface area contributed by atoms with E-state index in [-0.39, 0.29) is 16.7 Å². The van der Waals surface area contributed by atoms with Crippen molar-refractivity contribution in [2.24, 2.45) is 5.73 Å². The Bertz CT molecular complexity index is 1060. The summed E-state index contributed by atoms with van der Waals surface area (Å²) in [6.45, 7) is 6.15. The number of carbonyl (C=O) groups excluding carboxylic acids is 1. The number of rotatable bonds is 2. The second-order valence-corrected chi connectivity index (χ2v) is 6.72. The van der Waals surface area contributed by atoms with Crippen LogP contribution in [0.4, 0.5) is 0 Å². The van der Waals surface area contributed by atoms with Crippen LogP contribution in [0.1, 0.15) is 28.0 Å². The number of hydrogen-bond donors (Lipinski definition) is 3. The van der Waals surface area contributed by atoms with Gasteiger partial charge in [-0.2, -0.15) is 0 Å². The minimum absolute atomic E-state index is 0.0913. The smallest absolute Gasteiger partial charge is 0.265 e. The summed E-state index contributed by atoms with van der Waals surface area (Å²) in [6.07, 6.45) is 0.502. The molecule has 2 aromatic rings. The maximum absolute atomic E-state index is 12.1. The van der Waals surface area contributed by atoms with Crippen LogP contribution in [0.2, 0.25) is 0 Å². The minimum atomic E-state index is -1.23. The lowest BCUT2D eigenvalue weighted by molar-refractivity contribution is 0.0995. The zero-order valence-electron chi connectivity index (χ0n) is 15.3. The van der Waals surface area contributed by atoms with Gasteiger partial charge in [0.2, 0.25) is 0 Å². The first-order valence-corrected chi connectivity index (χ1v) is 8.51. The highest BCUT2D eigenvalue weighted by atomic mass is 16.3. The van der Waals surface area contributed by atoms with Crippen molar-refractivity contribution in [1.82, 2.24) is 9.88 Å². The predicted molar refractivity (Wildman–Crippen MR) is 104 cm³/mol. The summed E-state index contributed by atoms with van der Waals surface area (Å²) >= 11 is 0. The number of likely N-dealkylation sites (N-methyl/N-ethyl adjacent to an activating group) is 1. The number of amides is 1. The number of nitrogens with two attached hydrogens (primary N) is 1. The van der Waals surface area contributed by atoms with Gasteiger partial charge in [0, 0.05) is 42.9 Å². The molecule has 0 aliphatic carbocycles. The van der Waals surface area contributed by atoms with E-state index in [1.165, 1.54) is 6.07 Å². The highest BCUT2D eigenvalue weighted by molar-refractivity contribution is 5.92. The number of nitrogens with one attached hydrogen (secondary N) is 1. The molecular formula is C21H21N3O3. The molecule has 1 aromatic carbocycles. The highest BCUT2D eigenvalue weighted by Gasteiger charge is 2.36. The van der Waals surface area contributed by atoms with E-state index >= 15 is 0 Å². The van der Waals surface area contributed by atoms with E-state index in [1.54, 1.807) is 25.1 Å². The first-order valence-electron chi connectivity index (χ1n) is 8.51. The van der Waals surface area contributed by atoms with Crippen molar-refractivity contribution in [3.05, 3.63) is 69.7 Å². The molecule has 1 amide bonds. The van der Waals surface area contributed by atoms with Gasteiger partial charge in [-0.3, -0.25) is 9.59 Å². The third kappa shape index (κ3) is 3.50. The fourth-order valence-electron chi connectivity index (χ4n) is 3.03. The maximum Gasteiger partial charge on any atom is 0.265 e. The Hall–Kier alpha value is -3.30. The summed E-state index contributed by atoms with van der Waals surface area (Å²) in [6, 6.07) is 8.61. The van der Waals surface area contributed by atoms with Gasteiger partial charge < -0.3 is 20.7 Å². The molecule has 0 radical (unpaired) electrons. The number of H-pyrrole nitrogens is 1. The van der Waals surface area contributed by atoms with Crippen molar-refractivity contribution in [3.63, 3.8) is 0 Å². The van der Waals surface area contributed by atoms with Gasteiger partial charge >= 0.3 is 0 Å². The number of hydrogen-bond acceptors (Lipinski definition) is 4. The van der Waals surface area contributed by atoms with Crippen molar-refractivity contribution in [3.8, 4) is 23.1 Å². The van der Waals surface area contributed by atoms with Gasteiger partial charge in [0.1, 0.15) is 5.69 Å². The van der Waals surface area contributed by atoms with Gasteiger partial charge in [0.25, 0.3) is 5.91 Å². The number of primary amides is 1. The van der Waals surface area contributed by atoms with Crippen LogP contribution in [0.25, 0.3) is 11.3 Å². The first kappa shape index (κ1) is 18.5. The van der Waals surface area contributed by atoms with Crippen molar-refractivity contribution in [2.75, 3.05) is 13.6 Å². The molecule has 1 saturated heterocycles. The fraction of sp³-hybridized carbons (Fsp3) is 0.238. The lowest BCUT2D eigenvalue weighted by Crippen LogP contribution is -2.26. The molecule has 0 saturated carbocycles. The van der Waals surface area contributed by atoms with E-state index in [9.17, 15) is 14.7 Å². The molecule has 27 heavy (non-hydrogen) atoms. The van der Waals surface area contributed by atoms with Crippen LogP contribution in [-0.4, -0.2) is 40.1 Å². The number of nitrogens with zero attached hydrogens (tertiary/aromatic N) is 1. The van der Waals surface area contributed by atoms with Gasteiger partial charge in [0.15, 0.2) is 11.0 Å². The average Bonchev–Trinajstić information content (AvgIpc) is 2.90. The van der Waals surface area contributed by atoms with E-state index in [2.05, 4.69) is 23.4 Å². The van der Waals surface area contributed by atoms with Crippen LogP contribution in [0, 0.1) is 18.8 Å². The summed E-state index contributed by atoms with van der Waals surface area (Å²) in [5.74, 6) is 5.20. The Morgan fingerprint density at radius 3 is 2.78 bits per heavy atom. The molecule has 0 unspecified atom stereocenters. The molecule has 0 bridgehead atoms. The Kier molecular flexibility index (Phi) is 4.64. The number of aromatic nitrogens is 1. The molecule has 4 N–H and O–H groups in total. The van der Waals surface area contributed by atoms with E-state index in [0.29, 0.717) is 35.5 Å². The number of aliphatic hydroxyl groups is 1. The molecule has 1 aliphatic rings. The first-order chi connectivity index (χ1) is 12.7. The minimum Gasteiger partial charge on any atom is -0.375 e. The summed E-state index contributed by atoms with van der Waals surface area (Å²) in [5, 5.41) is 10.6. The van der Waals surface area contributed by atoms with Gasteiger partial charge in [-0.15, -0.1) is 0 Å². The third-order valence-corrected chi connectivity index (χ3v) is 4.86. The van der Waals surface area contributed by atoms with Crippen LogP contribution >= 0.6 is 0 Å². The average molecular weight is 363 g/mol. The Morgan fingerprint density at radius 1 is 1.41 bits per heavy atom. The zero-order chi connectivity index (χ0) is 19.8. The zero-order valence-corrected chi connectivity index (χ0v) is 15.3. The summed E-state index contributed by atoms with van der Waals surface area (Å²) in [7, 11) is 1.87. The van der Waals surface area contributed by atoms with Crippen LogP contribution in [0.15, 0.2) is 47.4 Å². The molecule has 6 nitrogen and oxygen atoms in total. The Morgan fingerprint density at radius 2 is 2.15 bits per heavy atom. The van der Waals surface area contributed by atoms with Gasteiger partial charge in [-0.1, -0.05) is 30.6 Å². The Labute approximate surface area is 157 Å². The summed E-state index contributed by atoms with van der Waals surface area (Å²) < 4.78 is 0. The second kappa shape index (κ2) is 6.78. The van der Waals surface area contributed by atoms with Crippen molar-refractivity contribution >= 4 is 5.91 Å².